The van der Waals surface area contributed by atoms with Gasteiger partial charge in [-0.25, -0.2) is 0 Å². The maximum atomic E-state index is 12.9. The zero-order chi connectivity index (χ0) is 23.4. The van der Waals surface area contributed by atoms with Gasteiger partial charge in [0.15, 0.2) is 17.3 Å². The molecule has 0 bridgehead atoms. The van der Waals surface area contributed by atoms with E-state index in [9.17, 15) is 20.0 Å². The Bertz CT molecular complexity index is 1050. The Morgan fingerprint density at radius 3 is 2.79 bits per heavy atom. The SMILES string of the molecule is COc1cc([C@@H]2C(C#N)=C(SCC(=O)NC3CCCCC3)NC3=C2C(=O)CCC3)ccc1O. The van der Waals surface area contributed by atoms with E-state index in [0.29, 0.717) is 34.6 Å². The Morgan fingerprint density at radius 2 is 2.06 bits per heavy atom. The van der Waals surface area contributed by atoms with Crippen molar-refractivity contribution in [3.63, 3.8) is 0 Å². The summed E-state index contributed by atoms with van der Waals surface area (Å²) in [5.41, 5.74) is 2.53. The number of carbonyl (C=O) groups is 2. The first-order valence-corrected chi connectivity index (χ1v) is 12.5. The van der Waals surface area contributed by atoms with Crippen molar-refractivity contribution >= 4 is 23.5 Å². The Labute approximate surface area is 198 Å². The van der Waals surface area contributed by atoms with Crippen LogP contribution >= 0.6 is 11.8 Å². The molecule has 1 aromatic carbocycles. The van der Waals surface area contributed by atoms with E-state index < -0.39 is 5.92 Å². The van der Waals surface area contributed by atoms with E-state index in [4.69, 9.17) is 4.74 Å². The number of hydrogen-bond donors (Lipinski definition) is 3. The van der Waals surface area contributed by atoms with E-state index in [1.165, 1.54) is 31.4 Å². The fourth-order valence-corrected chi connectivity index (χ4v) is 5.77. The molecule has 1 aliphatic heterocycles. The minimum atomic E-state index is -0.558. The number of phenols is 1. The maximum absolute atomic E-state index is 12.9. The van der Waals surface area contributed by atoms with Crippen LogP contribution in [-0.2, 0) is 9.59 Å². The van der Waals surface area contributed by atoms with Gasteiger partial charge in [0, 0.05) is 23.7 Å². The van der Waals surface area contributed by atoms with Gasteiger partial charge in [0.25, 0.3) is 0 Å². The maximum Gasteiger partial charge on any atom is 0.230 e. The van der Waals surface area contributed by atoms with Gasteiger partial charge < -0.3 is 20.5 Å². The van der Waals surface area contributed by atoms with Crippen molar-refractivity contribution in [3.05, 3.63) is 45.6 Å². The second-order valence-electron chi connectivity index (χ2n) is 8.70. The highest BCUT2D eigenvalue weighted by molar-refractivity contribution is 8.03. The zero-order valence-corrected chi connectivity index (χ0v) is 19.6. The molecule has 0 spiro atoms. The number of Topliss-reactive ketones (excluding diaryl/α,β-unsaturated/α-hetero) is 1. The molecule has 1 heterocycles. The Kier molecular flexibility index (Phi) is 7.29. The lowest BCUT2D eigenvalue weighted by Gasteiger charge is -2.33. The van der Waals surface area contributed by atoms with Crippen LogP contribution in [0, 0.1) is 11.3 Å². The molecule has 0 aromatic heterocycles. The predicted molar refractivity (Wildman–Crippen MR) is 127 cm³/mol. The molecule has 1 saturated carbocycles. The van der Waals surface area contributed by atoms with Gasteiger partial charge in [0.1, 0.15) is 0 Å². The number of nitrogens with zero attached hydrogens (tertiary/aromatic N) is 1. The molecule has 2 aliphatic carbocycles. The van der Waals surface area contributed by atoms with Crippen LogP contribution in [0.1, 0.15) is 62.8 Å². The minimum absolute atomic E-state index is 0.00386. The van der Waals surface area contributed by atoms with Crippen LogP contribution in [0.3, 0.4) is 0 Å². The largest absolute Gasteiger partial charge is 0.504 e. The zero-order valence-electron chi connectivity index (χ0n) is 18.8. The minimum Gasteiger partial charge on any atom is -0.504 e. The second-order valence-corrected chi connectivity index (χ2v) is 9.69. The molecule has 0 saturated heterocycles. The van der Waals surface area contributed by atoms with Crippen LogP contribution in [0.5, 0.6) is 11.5 Å². The van der Waals surface area contributed by atoms with Gasteiger partial charge in [-0.2, -0.15) is 5.26 Å². The molecule has 1 fully saturated rings. The number of nitrogens with one attached hydrogen (secondary N) is 2. The number of hydrogen-bond acceptors (Lipinski definition) is 7. The number of benzene rings is 1. The van der Waals surface area contributed by atoms with Gasteiger partial charge in [0.05, 0.1) is 35.5 Å². The topological polar surface area (TPSA) is 111 Å². The summed E-state index contributed by atoms with van der Waals surface area (Å²) in [6, 6.07) is 7.43. The molecule has 1 atom stereocenters. The molecule has 8 heteroatoms. The Morgan fingerprint density at radius 1 is 1.27 bits per heavy atom. The summed E-state index contributed by atoms with van der Waals surface area (Å²) < 4.78 is 5.26. The van der Waals surface area contributed by atoms with E-state index in [1.54, 1.807) is 12.1 Å². The third-order valence-electron chi connectivity index (χ3n) is 6.52. The lowest BCUT2D eigenvalue weighted by atomic mass is 9.77. The molecular formula is C25H29N3O4S. The summed E-state index contributed by atoms with van der Waals surface area (Å²) in [4.78, 5) is 25.5. The van der Waals surface area contributed by atoms with E-state index in [0.717, 1.165) is 37.8 Å². The molecule has 1 aromatic rings. The molecule has 174 valence electrons. The number of rotatable bonds is 6. The first kappa shape index (κ1) is 23.2. The molecule has 33 heavy (non-hydrogen) atoms. The predicted octanol–water partition coefficient (Wildman–Crippen LogP) is 4.01. The van der Waals surface area contributed by atoms with E-state index in [-0.39, 0.29) is 35.0 Å². The molecule has 0 unspecified atom stereocenters. The van der Waals surface area contributed by atoms with Gasteiger partial charge >= 0.3 is 0 Å². The van der Waals surface area contributed by atoms with Crippen molar-refractivity contribution in [3.8, 4) is 17.6 Å². The number of thioether (sulfide) groups is 1. The number of methoxy groups -OCH3 is 1. The number of ketones is 1. The summed E-state index contributed by atoms with van der Waals surface area (Å²) in [5, 5.41) is 27.2. The van der Waals surface area contributed by atoms with Crippen LogP contribution in [0.25, 0.3) is 0 Å². The summed E-state index contributed by atoms with van der Waals surface area (Å²) in [6.07, 6.45) is 7.45. The van der Waals surface area contributed by atoms with Crippen LogP contribution < -0.4 is 15.4 Å². The molecule has 7 nitrogen and oxygen atoms in total. The number of ether oxygens (including phenoxy) is 1. The number of aromatic hydroxyl groups is 1. The molecular weight excluding hydrogens is 438 g/mol. The lowest BCUT2D eigenvalue weighted by molar-refractivity contribution is -0.119. The average Bonchev–Trinajstić information content (AvgIpc) is 2.83. The standard InChI is InChI=1S/C25H29N3O4S/c1-32-21-12-15(10-11-19(21)29)23-17(13-26)25(28-18-8-5-9-20(30)24(18)23)33-14-22(31)27-16-6-3-2-4-7-16/h10-12,16,23,28-29H,2-9,14H2,1H3,(H,27,31)/t23-/m1/s1. The molecule has 3 N–H and O–H groups in total. The van der Waals surface area contributed by atoms with E-state index in [1.807, 2.05) is 0 Å². The van der Waals surface area contributed by atoms with Crippen molar-refractivity contribution in [2.75, 3.05) is 12.9 Å². The molecule has 0 radical (unpaired) electrons. The highest BCUT2D eigenvalue weighted by Gasteiger charge is 2.37. The van der Waals surface area contributed by atoms with E-state index in [2.05, 4.69) is 16.7 Å². The van der Waals surface area contributed by atoms with Gasteiger partial charge in [-0.05, 0) is 43.4 Å². The average molecular weight is 468 g/mol. The van der Waals surface area contributed by atoms with Gasteiger partial charge in [-0.3, -0.25) is 9.59 Å². The van der Waals surface area contributed by atoms with Crippen LogP contribution in [0.4, 0.5) is 0 Å². The highest BCUT2D eigenvalue weighted by Crippen LogP contribution is 2.45. The Hall–Kier alpha value is -2.92. The van der Waals surface area contributed by atoms with Crippen LogP contribution in [0.2, 0.25) is 0 Å². The summed E-state index contributed by atoms with van der Waals surface area (Å²) in [7, 11) is 1.46. The van der Waals surface area contributed by atoms with Gasteiger partial charge in [-0.15, -0.1) is 0 Å². The summed E-state index contributed by atoms with van der Waals surface area (Å²) in [5.74, 6) is -0.0943. The quantitative estimate of drug-likeness (QED) is 0.579. The lowest BCUT2D eigenvalue weighted by Crippen LogP contribution is -2.37. The summed E-state index contributed by atoms with van der Waals surface area (Å²) >= 11 is 1.30. The second kappa shape index (κ2) is 10.3. The Balaban J connectivity index is 1.62. The number of carbonyl (C=O) groups excluding carboxylic acids is 2. The molecule has 1 amide bonds. The van der Waals surface area contributed by atoms with Crippen molar-refractivity contribution in [1.29, 1.82) is 5.26 Å². The fourth-order valence-electron chi connectivity index (χ4n) is 4.90. The van der Waals surface area contributed by atoms with Crippen molar-refractivity contribution in [2.45, 2.75) is 63.3 Å². The third-order valence-corrected chi connectivity index (χ3v) is 7.54. The van der Waals surface area contributed by atoms with Gasteiger partial charge in [0.2, 0.25) is 5.91 Å². The molecule has 3 aliphatic rings. The number of allylic oxidation sites excluding steroid dienone is 3. The van der Waals surface area contributed by atoms with Crippen LogP contribution in [-0.4, -0.2) is 35.7 Å². The van der Waals surface area contributed by atoms with Crippen molar-refractivity contribution in [2.24, 2.45) is 0 Å². The van der Waals surface area contributed by atoms with Crippen LogP contribution in [0.15, 0.2) is 40.1 Å². The fraction of sp³-hybridized carbons (Fsp3) is 0.480. The molecule has 4 rings (SSSR count). The number of dihydropyridines is 1. The first-order valence-electron chi connectivity index (χ1n) is 11.5. The number of phenolic OH excluding ortho intramolecular Hbond substituents is 1. The monoisotopic (exact) mass is 467 g/mol. The highest BCUT2D eigenvalue weighted by atomic mass is 32.2. The van der Waals surface area contributed by atoms with Crippen molar-refractivity contribution in [1.82, 2.24) is 10.6 Å². The van der Waals surface area contributed by atoms with Gasteiger partial charge in [-0.1, -0.05) is 37.1 Å². The normalized spacial score (nSPS) is 21.2. The smallest absolute Gasteiger partial charge is 0.230 e. The van der Waals surface area contributed by atoms with E-state index >= 15 is 0 Å². The van der Waals surface area contributed by atoms with Crippen molar-refractivity contribution < 1.29 is 19.4 Å². The third kappa shape index (κ3) is 5.03. The summed E-state index contributed by atoms with van der Waals surface area (Å²) in [6.45, 7) is 0. The first-order chi connectivity index (χ1) is 16.0. The number of nitriles is 1. The number of amides is 1.